The molecule has 2 aromatic heterocycles. The molecular weight excluding hydrogens is 392 g/mol. The van der Waals surface area contributed by atoms with Crippen molar-refractivity contribution >= 4 is 34.9 Å². The number of amides is 2. The molecule has 0 atom stereocenters. The SMILES string of the molecule is O=C1c2ccccc2C(=O)N1CCSc1nnc(Cc2cccs2)n1C1CC1. The molecule has 1 fully saturated rings. The number of benzene rings is 1. The molecule has 142 valence electrons. The maximum Gasteiger partial charge on any atom is 0.261 e. The van der Waals surface area contributed by atoms with Gasteiger partial charge in [0.1, 0.15) is 5.82 Å². The fourth-order valence-electron chi connectivity index (χ4n) is 3.47. The van der Waals surface area contributed by atoms with Crippen LogP contribution >= 0.6 is 23.1 Å². The Balaban J connectivity index is 1.27. The molecule has 3 aromatic rings. The fraction of sp³-hybridized carbons (Fsp3) is 0.300. The highest BCUT2D eigenvalue weighted by atomic mass is 32.2. The number of carbonyl (C=O) groups excluding carboxylic acids is 2. The molecule has 1 aromatic carbocycles. The van der Waals surface area contributed by atoms with E-state index in [1.807, 2.05) is 0 Å². The molecule has 6 nitrogen and oxygen atoms in total. The largest absolute Gasteiger partial charge is 0.303 e. The molecule has 0 saturated heterocycles. The topological polar surface area (TPSA) is 68.1 Å². The van der Waals surface area contributed by atoms with Gasteiger partial charge in [0.2, 0.25) is 0 Å². The van der Waals surface area contributed by atoms with E-state index in [0.717, 1.165) is 30.2 Å². The predicted molar refractivity (Wildman–Crippen MR) is 108 cm³/mol. The van der Waals surface area contributed by atoms with Gasteiger partial charge in [0.05, 0.1) is 11.1 Å². The van der Waals surface area contributed by atoms with E-state index in [1.165, 1.54) is 9.78 Å². The molecule has 5 rings (SSSR count). The highest BCUT2D eigenvalue weighted by molar-refractivity contribution is 7.99. The summed E-state index contributed by atoms with van der Waals surface area (Å²) in [6, 6.07) is 11.6. The number of nitrogens with zero attached hydrogens (tertiary/aromatic N) is 4. The zero-order valence-corrected chi connectivity index (χ0v) is 16.7. The molecule has 2 aliphatic rings. The minimum Gasteiger partial charge on any atom is -0.303 e. The lowest BCUT2D eigenvalue weighted by Gasteiger charge is -2.13. The standard InChI is InChI=1S/C20H18N4O2S2/c25-18-15-5-1-2-6-16(15)19(26)23(18)9-11-28-20-22-21-17(24(20)13-7-8-13)12-14-4-3-10-27-14/h1-6,10,13H,7-9,11-12H2. The van der Waals surface area contributed by atoms with Gasteiger partial charge < -0.3 is 4.57 Å². The monoisotopic (exact) mass is 410 g/mol. The van der Waals surface area contributed by atoms with Crippen molar-refractivity contribution in [1.29, 1.82) is 0 Å². The van der Waals surface area contributed by atoms with Gasteiger partial charge in [-0.15, -0.1) is 21.5 Å². The van der Waals surface area contributed by atoms with Gasteiger partial charge in [-0.1, -0.05) is 30.0 Å². The summed E-state index contributed by atoms with van der Waals surface area (Å²) in [6.07, 6.45) is 3.10. The van der Waals surface area contributed by atoms with Crippen LogP contribution in [0.25, 0.3) is 0 Å². The van der Waals surface area contributed by atoms with Crippen molar-refractivity contribution < 1.29 is 9.59 Å². The van der Waals surface area contributed by atoms with Crippen LogP contribution in [0.3, 0.4) is 0 Å². The maximum atomic E-state index is 12.5. The normalized spacial score (nSPS) is 16.1. The first kappa shape index (κ1) is 17.6. The summed E-state index contributed by atoms with van der Waals surface area (Å²) in [5, 5.41) is 11.8. The van der Waals surface area contributed by atoms with E-state index < -0.39 is 0 Å². The van der Waals surface area contributed by atoms with Crippen LogP contribution in [0.2, 0.25) is 0 Å². The summed E-state index contributed by atoms with van der Waals surface area (Å²) < 4.78 is 2.24. The number of carbonyl (C=O) groups is 2. The fourth-order valence-corrected chi connectivity index (χ4v) is 5.12. The van der Waals surface area contributed by atoms with E-state index in [0.29, 0.717) is 29.5 Å². The second-order valence-electron chi connectivity index (χ2n) is 6.91. The zero-order chi connectivity index (χ0) is 19.1. The van der Waals surface area contributed by atoms with E-state index in [2.05, 4.69) is 32.3 Å². The first-order valence-electron chi connectivity index (χ1n) is 9.26. The second kappa shape index (κ2) is 7.18. The molecule has 1 aliphatic carbocycles. The van der Waals surface area contributed by atoms with Crippen LogP contribution in [0.15, 0.2) is 46.9 Å². The maximum absolute atomic E-state index is 12.5. The smallest absolute Gasteiger partial charge is 0.261 e. The molecular formula is C20H18N4O2S2. The Bertz CT molecular complexity index is 1010. The number of rotatable bonds is 7. The molecule has 3 heterocycles. The third kappa shape index (κ3) is 3.16. The molecule has 8 heteroatoms. The van der Waals surface area contributed by atoms with Crippen LogP contribution in [-0.2, 0) is 6.42 Å². The van der Waals surface area contributed by atoms with Crippen molar-refractivity contribution in [3.05, 3.63) is 63.6 Å². The second-order valence-corrected chi connectivity index (χ2v) is 9.01. The Labute approximate surface area is 170 Å². The molecule has 0 spiro atoms. The van der Waals surface area contributed by atoms with E-state index in [1.54, 1.807) is 47.4 Å². The quantitative estimate of drug-likeness (QED) is 0.439. The van der Waals surface area contributed by atoms with E-state index >= 15 is 0 Å². The first-order valence-corrected chi connectivity index (χ1v) is 11.1. The summed E-state index contributed by atoms with van der Waals surface area (Å²) in [5.74, 6) is 1.19. The Morgan fingerprint density at radius 1 is 1.04 bits per heavy atom. The van der Waals surface area contributed by atoms with Crippen molar-refractivity contribution in [2.75, 3.05) is 12.3 Å². The Morgan fingerprint density at radius 3 is 2.43 bits per heavy atom. The number of thiophene rings is 1. The minimum atomic E-state index is -0.205. The van der Waals surface area contributed by atoms with Crippen molar-refractivity contribution in [1.82, 2.24) is 19.7 Å². The average Bonchev–Trinajstić information content (AvgIpc) is 3.17. The highest BCUT2D eigenvalue weighted by Crippen LogP contribution is 2.39. The molecule has 28 heavy (non-hydrogen) atoms. The lowest BCUT2D eigenvalue weighted by Crippen LogP contribution is -2.31. The molecule has 0 unspecified atom stereocenters. The van der Waals surface area contributed by atoms with Gasteiger partial charge in [0.25, 0.3) is 11.8 Å². The van der Waals surface area contributed by atoms with Crippen molar-refractivity contribution in [2.24, 2.45) is 0 Å². The number of aromatic nitrogens is 3. The Morgan fingerprint density at radius 2 is 1.79 bits per heavy atom. The number of hydrogen-bond donors (Lipinski definition) is 0. The molecule has 2 amide bonds. The van der Waals surface area contributed by atoms with Crippen LogP contribution in [0, 0.1) is 0 Å². The number of fused-ring (bicyclic) bond motifs is 1. The van der Waals surface area contributed by atoms with Gasteiger partial charge in [0, 0.05) is 29.6 Å². The first-order chi connectivity index (χ1) is 13.7. The third-order valence-corrected chi connectivity index (χ3v) is 6.78. The minimum absolute atomic E-state index is 0.205. The molecule has 0 radical (unpaired) electrons. The van der Waals surface area contributed by atoms with Crippen LogP contribution in [0.5, 0.6) is 0 Å². The summed E-state index contributed by atoms with van der Waals surface area (Å²) in [4.78, 5) is 27.6. The number of hydrogen-bond acceptors (Lipinski definition) is 6. The van der Waals surface area contributed by atoms with E-state index in [4.69, 9.17) is 0 Å². The highest BCUT2D eigenvalue weighted by Gasteiger charge is 2.35. The van der Waals surface area contributed by atoms with Crippen molar-refractivity contribution in [3.8, 4) is 0 Å². The lowest BCUT2D eigenvalue weighted by molar-refractivity contribution is 0.0664. The van der Waals surface area contributed by atoms with Crippen LogP contribution in [0.1, 0.15) is 50.3 Å². The van der Waals surface area contributed by atoms with Crippen LogP contribution in [-0.4, -0.2) is 43.8 Å². The van der Waals surface area contributed by atoms with E-state index in [-0.39, 0.29) is 11.8 Å². The molecule has 0 N–H and O–H groups in total. The lowest BCUT2D eigenvalue weighted by atomic mass is 10.1. The van der Waals surface area contributed by atoms with Gasteiger partial charge >= 0.3 is 0 Å². The van der Waals surface area contributed by atoms with Gasteiger partial charge in [-0.3, -0.25) is 14.5 Å². The van der Waals surface area contributed by atoms with Crippen molar-refractivity contribution in [2.45, 2.75) is 30.5 Å². The van der Waals surface area contributed by atoms with Crippen LogP contribution < -0.4 is 0 Å². The summed E-state index contributed by atoms with van der Waals surface area (Å²) in [7, 11) is 0. The zero-order valence-electron chi connectivity index (χ0n) is 15.1. The van der Waals surface area contributed by atoms with Gasteiger partial charge in [-0.25, -0.2) is 0 Å². The average molecular weight is 411 g/mol. The van der Waals surface area contributed by atoms with Gasteiger partial charge in [0.15, 0.2) is 5.16 Å². The van der Waals surface area contributed by atoms with Crippen molar-refractivity contribution in [3.63, 3.8) is 0 Å². The molecule has 0 bridgehead atoms. The number of thioether (sulfide) groups is 1. The summed E-state index contributed by atoms with van der Waals surface area (Å²) in [6.45, 7) is 0.370. The predicted octanol–water partition coefficient (Wildman–Crippen LogP) is 3.65. The molecule has 1 aliphatic heterocycles. The summed E-state index contributed by atoms with van der Waals surface area (Å²) in [5.41, 5.74) is 0.994. The Hall–Kier alpha value is -2.45. The number of imide groups is 1. The van der Waals surface area contributed by atoms with Gasteiger partial charge in [-0.2, -0.15) is 0 Å². The van der Waals surface area contributed by atoms with E-state index in [9.17, 15) is 9.59 Å². The van der Waals surface area contributed by atoms with Crippen LogP contribution in [0.4, 0.5) is 0 Å². The molecule has 1 saturated carbocycles. The van der Waals surface area contributed by atoms with Gasteiger partial charge in [-0.05, 0) is 36.4 Å². The Kier molecular flexibility index (Phi) is 4.52. The summed E-state index contributed by atoms with van der Waals surface area (Å²) >= 11 is 3.29. The third-order valence-electron chi connectivity index (χ3n) is 4.98.